The minimum atomic E-state index is -3.69. The molecule has 0 spiro atoms. The van der Waals surface area contributed by atoms with Gasteiger partial charge in [0.2, 0.25) is 10.0 Å². The smallest absolute Gasteiger partial charge is 0.243 e. The SMILES string of the molecule is Cc1cc(S(=O)(=O)N(CCO)C(C)C)cc(N)c1Cl. The third-order valence-corrected chi connectivity index (χ3v) is 5.33. The standard InChI is InChI=1S/C12H19ClN2O3S/c1-8(2)15(4-5-16)19(17,18)10-6-9(3)12(13)11(14)7-10/h6-8,16H,4-5,14H2,1-3H3. The van der Waals surface area contributed by atoms with Gasteiger partial charge in [0.05, 0.1) is 22.2 Å². The molecule has 0 bridgehead atoms. The van der Waals surface area contributed by atoms with E-state index in [1.54, 1.807) is 20.8 Å². The first kappa shape index (κ1) is 16.2. The van der Waals surface area contributed by atoms with E-state index in [2.05, 4.69) is 0 Å². The highest BCUT2D eigenvalue weighted by atomic mass is 35.5. The summed E-state index contributed by atoms with van der Waals surface area (Å²) in [6.45, 7) is 5.00. The van der Waals surface area contributed by atoms with E-state index in [0.29, 0.717) is 10.6 Å². The van der Waals surface area contributed by atoms with E-state index < -0.39 is 10.0 Å². The van der Waals surface area contributed by atoms with Gasteiger partial charge in [-0.2, -0.15) is 4.31 Å². The molecule has 1 aromatic rings. The van der Waals surface area contributed by atoms with Crippen LogP contribution in [0.1, 0.15) is 19.4 Å². The molecule has 0 fully saturated rings. The Morgan fingerprint density at radius 3 is 2.42 bits per heavy atom. The maximum atomic E-state index is 12.5. The number of nitrogens with zero attached hydrogens (tertiary/aromatic N) is 1. The van der Waals surface area contributed by atoms with Crippen LogP contribution in [0.25, 0.3) is 0 Å². The Labute approximate surface area is 119 Å². The minimum Gasteiger partial charge on any atom is -0.397 e. The lowest BCUT2D eigenvalue weighted by molar-refractivity contribution is 0.236. The Morgan fingerprint density at radius 1 is 1.42 bits per heavy atom. The van der Waals surface area contributed by atoms with Gasteiger partial charge in [-0.25, -0.2) is 8.42 Å². The van der Waals surface area contributed by atoms with Gasteiger partial charge in [-0.3, -0.25) is 0 Å². The van der Waals surface area contributed by atoms with Crippen molar-refractivity contribution in [2.45, 2.75) is 31.7 Å². The molecule has 1 rings (SSSR count). The Kier molecular flexibility index (Phi) is 5.20. The molecule has 3 N–H and O–H groups in total. The number of benzene rings is 1. The highest BCUT2D eigenvalue weighted by Gasteiger charge is 2.27. The van der Waals surface area contributed by atoms with Crippen molar-refractivity contribution in [2.24, 2.45) is 0 Å². The maximum Gasteiger partial charge on any atom is 0.243 e. The molecule has 0 aromatic heterocycles. The van der Waals surface area contributed by atoms with Crippen LogP contribution in [-0.4, -0.2) is 37.0 Å². The molecule has 0 aliphatic heterocycles. The number of nitrogen functional groups attached to an aromatic ring is 1. The van der Waals surface area contributed by atoms with Crippen molar-refractivity contribution in [3.8, 4) is 0 Å². The highest BCUT2D eigenvalue weighted by Crippen LogP contribution is 2.28. The van der Waals surface area contributed by atoms with Crippen molar-refractivity contribution in [3.05, 3.63) is 22.7 Å². The average molecular weight is 307 g/mol. The monoisotopic (exact) mass is 306 g/mol. The summed E-state index contributed by atoms with van der Waals surface area (Å²) < 4.78 is 26.2. The molecule has 7 heteroatoms. The summed E-state index contributed by atoms with van der Waals surface area (Å²) in [6, 6.07) is 2.58. The first-order valence-electron chi connectivity index (χ1n) is 5.90. The van der Waals surface area contributed by atoms with Crippen LogP contribution in [0, 0.1) is 6.92 Å². The number of hydrogen-bond acceptors (Lipinski definition) is 4. The van der Waals surface area contributed by atoms with Crippen molar-refractivity contribution in [1.29, 1.82) is 0 Å². The second kappa shape index (κ2) is 6.09. The van der Waals surface area contributed by atoms with Crippen LogP contribution >= 0.6 is 11.6 Å². The fraction of sp³-hybridized carbons (Fsp3) is 0.500. The predicted octanol–water partition coefficient (Wildman–Crippen LogP) is 1.62. The van der Waals surface area contributed by atoms with Gasteiger partial charge in [0.1, 0.15) is 0 Å². The second-order valence-corrected chi connectivity index (χ2v) is 6.85. The zero-order valence-corrected chi connectivity index (χ0v) is 12.8. The topological polar surface area (TPSA) is 83.6 Å². The lowest BCUT2D eigenvalue weighted by atomic mass is 10.2. The fourth-order valence-electron chi connectivity index (χ4n) is 1.80. The predicted molar refractivity (Wildman–Crippen MR) is 76.7 cm³/mol. The molecular formula is C12H19ClN2O3S. The maximum absolute atomic E-state index is 12.5. The molecule has 0 saturated carbocycles. The van der Waals surface area contributed by atoms with E-state index in [9.17, 15) is 8.42 Å². The van der Waals surface area contributed by atoms with Crippen LogP contribution in [0.5, 0.6) is 0 Å². The molecule has 0 atom stereocenters. The van der Waals surface area contributed by atoms with Crippen LogP contribution in [0.4, 0.5) is 5.69 Å². The van der Waals surface area contributed by atoms with Gasteiger partial charge in [0, 0.05) is 12.6 Å². The first-order valence-corrected chi connectivity index (χ1v) is 7.72. The van der Waals surface area contributed by atoms with Gasteiger partial charge in [0.25, 0.3) is 0 Å². The van der Waals surface area contributed by atoms with Crippen LogP contribution in [0.3, 0.4) is 0 Å². The molecule has 108 valence electrons. The summed E-state index contributed by atoms with van der Waals surface area (Å²) >= 11 is 5.93. The number of anilines is 1. The summed E-state index contributed by atoms with van der Waals surface area (Å²) in [5.41, 5.74) is 6.54. The van der Waals surface area contributed by atoms with Gasteiger partial charge < -0.3 is 10.8 Å². The molecule has 5 nitrogen and oxygen atoms in total. The lowest BCUT2D eigenvalue weighted by Gasteiger charge is -2.25. The van der Waals surface area contributed by atoms with Crippen molar-refractivity contribution in [3.63, 3.8) is 0 Å². The number of rotatable bonds is 5. The van der Waals surface area contributed by atoms with E-state index in [0.717, 1.165) is 0 Å². The highest BCUT2D eigenvalue weighted by molar-refractivity contribution is 7.89. The zero-order chi connectivity index (χ0) is 14.8. The third kappa shape index (κ3) is 3.39. The molecule has 0 heterocycles. The van der Waals surface area contributed by atoms with Crippen molar-refractivity contribution < 1.29 is 13.5 Å². The third-order valence-electron chi connectivity index (χ3n) is 2.76. The van der Waals surface area contributed by atoms with Crippen LogP contribution < -0.4 is 5.73 Å². The number of aliphatic hydroxyl groups excluding tert-OH is 1. The van der Waals surface area contributed by atoms with Crippen molar-refractivity contribution in [1.82, 2.24) is 4.31 Å². The molecule has 0 aliphatic carbocycles. The van der Waals surface area contributed by atoms with Crippen LogP contribution in [0.2, 0.25) is 5.02 Å². The van der Waals surface area contributed by atoms with Crippen molar-refractivity contribution in [2.75, 3.05) is 18.9 Å². The van der Waals surface area contributed by atoms with Gasteiger partial charge in [-0.15, -0.1) is 0 Å². The number of aliphatic hydroxyl groups is 1. The fourth-order valence-corrected chi connectivity index (χ4v) is 3.66. The Bertz CT molecular complexity index is 535. The Morgan fingerprint density at radius 2 is 2.00 bits per heavy atom. The van der Waals surface area contributed by atoms with Gasteiger partial charge in [0.15, 0.2) is 0 Å². The van der Waals surface area contributed by atoms with E-state index in [1.165, 1.54) is 16.4 Å². The number of halogens is 1. The number of hydrogen-bond donors (Lipinski definition) is 2. The second-order valence-electron chi connectivity index (χ2n) is 4.58. The lowest BCUT2D eigenvalue weighted by Crippen LogP contribution is -2.39. The zero-order valence-electron chi connectivity index (χ0n) is 11.2. The normalized spacial score (nSPS) is 12.4. The molecular weight excluding hydrogens is 288 g/mol. The molecule has 0 aliphatic rings. The molecule has 0 unspecified atom stereocenters. The Hall–Kier alpha value is -0.820. The number of nitrogens with two attached hydrogens (primary N) is 1. The summed E-state index contributed by atoms with van der Waals surface area (Å²) in [7, 11) is -3.69. The van der Waals surface area contributed by atoms with Gasteiger partial charge in [-0.1, -0.05) is 11.6 Å². The summed E-state index contributed by atoms with van der Waals surface area (Å²) in [4.78, 5) is 0.0917. The largest absolute Gasteiger partial charge is 0.397 e. The summed E-state index contributed by atoms with van der Waals surface area (Å²) in [5.74, 6) is 0. The van der Waals surface area contributed by atoms with E-state index >= 15 is 0 Å². The molecule has 1 aromatic carbocycles. The van der Waals surface area contributed by atoms with E-state index in [1.807, 2.05) is 0 Å². The minimum absolute atomic E-state index is 0.0432. The van der Waals surface area contributed by atoms with Crippen LogP contribution in [0.15, 0.2) is 17.0 Å². The van der Waals surface area contributed by atoms with Gasteiger partial charge in [-0.05, 0) is 38.5 Å². The summed E-state index contributed by atoms with van der Waals surface area (Å²) in [5, 5.41) is 9.36. The van der Waals surface area contributed by atoms with E-state index in [4.69, 9.17) is 22.4 Å². The van der Waals surface area contributed by atoms with Gasteiger partial charge >= 0.3 is 0 Å². The first-order chi connectivity index (χ1) is 8.71. The summed E-state index contributed by atoms with van der Waals surface area (Å²) in [6.07, 6.45) is 0. The van der Waals surface area contributed by atoms with Crippen LogP contribution in [-0.2, 0) is 10.0 Å². The van der Waals surface area contributed by atoms with Crippen molar-refractivity contribution >= 4 is 27.3 Å². The number of sulfonamides is 1. The van der Waals surface area contributed by atoms with E-state index in [-0.39, 0.29) is 29.8 Å². The Balaban J connectivity index is 3.33. The average Bonchev–Trinajstić information content (AvgIpc) is 2.31. The molecule has 0 saturated heterocycles. The number of aryl methyl sites for hydroxylation is 1. The molecule has 0 amide bonds. The quantitative estimate of drug-likeness (QED) is 0.810. The molecule has 0 radical (unpaired) electrons. The molecule has 19 heavy (non-hydrogen) atoms.